The van der Waals surface area contributed by atoms with E-state index in [1.807, 2.05) is 27.7 Å². The van der Waals surface area contributed by atoms with Gasteiger partial charge in [0.2, 0.25) is 5.91 Å². The van der Waals surface area contributed by atoms with E-state index in [1.165, 1.54) is 19.5 Å². The summed E-state index contributed by atoms with van der Waals surface area (Å²) in [6.45, 7) is 19.7. The summed E-state index contributed by atoms with van der Waals surface area (Å²) in [5.74, 6) is 0.783. The highest BCUT2D eigenvalue weighted by Crippen LogP contribution is 2.23. The summed E-state index contributed by atoms with van der Waals surface area (Å²) in [6, 6.07) is 0. The Morgan fingerprint density at radius 2 is 1.85 bits per heavy atom. The van der Waals surface area contributed by atoms with Crippen molar-refractivity contribution in [3.05, 3.63) is 0 Å². The number of nitrogens with zero attached hydrogens (tertiary/aromatic N) is 1. The van der Waals surface area contributed by atoms with Gasteiger partial charge in [0.1, 0.15) is 0 Å². The van der Waals surface area contributed by atoms with Crippen LogP contribution in [-0.2, 0) is 4.79 Å². The van der Waals surface area contributed by atoms with Crippen LogP contribution in [0.3, 0.4) is 0 Å². The number of carbonyl (C=O) groups is 1. The maximum absolute atomic E-state index is 10.3. The molecule has 0 aromatic rings. The van der Waals surface area contributed by atoms with Crippen LogP contribution in [0, 0.1) is 11.8 Å². The van der Waals surface area contributed by atoms with Crippen molar-refractivity contribution in [2.75, 3.05) is 13.1 Å². The van der Waals surface area contributed by atoms with E-state index in [0.717, 1.165) is 18.8 Å². The lowest BCUT2D eigenvalue weighted by atomic mass is 10.1. The number of hydrogen-bond acceptors (Lipinski definition) is 2. The van der Waals surface area contributed by atoms with Crippen LogP contribution in [0.5, 0.6) is 0 Å². The lowest BCUT2D eigenvalue weighted by Crippen LogP contribution is -2.39. The first-order valence-corrected chi connectivity index (χ1v) is 8.22. The van der Waals surface area contributed by atoms with Crippen LogP contribution < -0.4 is 5.73 Å². The second kappa shape index (κ2) is 11.1. The van der Waals surface area contributed by atoms with Crippen LogP contribution in [0.25, 0.3) is 0 Å². The van der Waals surface area contributed by atoms with Gasteiger partial charge in [-0.25, -0.2) is 0 Å². The molecular formula is C17H38N2O. The molecule has 1 rings (SSSR count). The Bertz CT molecular complexity index is 246. The van der Waals surface area contributed by atoms with Gasteiger partial charge in [0.05, 0.1) is 0 Å². The van der Waals surface area contributed by atoms with Gasteiger partial charge < -0.3 is 5.73 Å². The third-order valence-electron chi connectivity index (χ3n) is 3.58. The largest absolute Gasteiger partial charge is 0.369 e. The normalized spacial score (nSPS) is 20.3. The van der Waals surface area contributed by atoms with Gasteiger partial charge in [-0.15, -0.1) is 0 Å². The zero-order valence-corrected chi connectivity index (χ0v) is 15.1. The zero-order valence-electron chi connectivity index (χ0n) is 15.1. The summed E-state index contributed by atoms with van der Waals surface area (Å²) >= 11 is 0. The van der Waals surface area contributed by atoms with Crippen molar-refractivity contribution in [2.24, 2.45) is 17.6 Å². The van der Waals surface area contributed by atoms with E-state index in [-0.39, 0.29) is 11.8 Å². The van der Waals surface area contributed by atoms with Crippen LogP contribution in [0.15, 0.2) is 0 Å². The van der Waals surface area contributed by atoms with E-state index in [1.54, 1.807) is 0 Å². The number of nitrogens with two attached hydrogens (primary N) is 1. The number of primary amides is 1. The molecule has 1 aliphatic rings. The fourth-order valence-electron chi connectivity index (χ4n) is 2.12. The van der Waals surface area contributed by atoms with Gasteiger partial charge in [0, 0.05) is 18.0 Å². The second-order valence-corrected chi connectivity index (χ2v) is 6.60. The van der Waals surface area contributed by atoms with Crippen molar-refractivity contribution >= 4 is 5.91 Å². The topological polar surface area (TPSA) is 46.3 Å². The Balaban J connectivity index is 0. The molecule has 3 nitrogen and oxygen atoms in total. The molecule has 2 unspecified atom stereocenters. The molecule has 0 aliphatic carbocycles. The zero-order chi connectivity index (χ0) is 16.3. The molecule has 0 saturated carbocycles. The SMILES string of the molecule is CC.CC1CCN(C(C)(C)C)C1.CCCC(C)C(N)=O. The molecule has 0 spiro atoms. The third kappa shape index (κ3) is 10.2. The molecule has 1 saturated heterocycles. The lowest BCUT2D eigenvalue weighted by molar-refractivity contribution is -0.121. The maximum atomic E-state index is 10.3. The summed E-state index contributed by atoms with van der Waals surface area (Å²) in [5, 5.41) is 0. The number of likely N-dealkylation sites (tertiary alicyclic amines) is 1. The fourth-order valence-corrected chi connectivity index (χ4v) is 2.12. The van der Waals surface area contributed by atoms with E-state index in [9.17, 15) is 4.79 Å². The molecule has 2 atom stereocenters. The summed E-state index contributed by atoms with van der Waals surface area (Å²) in [6.07, 6.45) is 3.33. The second-order valence-electron chi connectivity index (χ2n) is 6.60. The molecule has 1 heterocycles. The first kappa shape index (κ1) is 21.7. The van der Waals surface area contributed by atoms with Crippen molar-refractivity contribution in [1.82, 2.24) is 4.90 Å². The Morgan fingerprint density at radius 3 is 2.00 bits per heavy atom. The number of amides is 1. The van der Waals surface area contributed by atoms with Gasteiger partial charge in [-0.2, -0.15) is 0 Å². The summed E-state index contributed by atoms with van der Waals surface area (Å²) in [4.78, 5) is 12.9. The summed E-state index contributed by atoms with van der Waals surface area (Å²) in [7, 11) is 0. The molecule has 0 bridgehead atoms. The van der Waals surface area contributed by atoms with E-state index >= 15 is 0 Å². The predicted octanol–water partition coefficient (Wildman–Crippen LogP) is 4.06. The first-order chi connectivity index (χ1) is 9.18. The highest BCUT2D eigenvalue weighted by atomic mass is 16.1. The van der Waals surface area contributed by atoms with Crippen LogP contribution in [0.1, 0.15) is 74.7 Å². The molecule has 20 heavy (non-hydrogen) atoms. The minimum atomic E-state index is -0.188. The first-order valence-electron chi connectivity index (χ1n) is 8.22. The van der Waals surface area contributed by atoms with Gasteiger partial charge >= 0.3 is 0 Å². The molecule has 0 radical (unpaired) electrons. The highest BCUT2D eigenvalue weighted by Gasteiger charge is 2.27. The number of carbonyl (C=O) groups excluding carboxylic acids is 1. The van der Waals surface area contributed by atoms with Gasteiger partial charge in [-0.05, 0) is 46.1 Å². The number of rotatable bonds is 3. The average Bonchev–Trinajstić information content (AvgIpc) is 2.79. The summed E-state index contributed by atoms with van der Waals surface area (Å²) in [5.41, 5.74) is 5.38. The predicted molar refractivity (Wildman–Crippen MR) is 89.7 cm³/mol. The summed E-state index contributed by atoms with van der Waals surface area (Å²) < 4.78 is 0. The Hall–Kier alpha value is -0.570. The van der Waals surface area contributed by atoms with Crippen LogP contribution in [0.2, 0.25) is 0 Å². The van der Waals surface area contributed by atoms with Crippen LogP contribution in [-0.4, -0.2) is 29.4 Å². The Morgan fingerprint density at radius 1 is 1.35 bits per heavy atom. The highest BCUT2D eigenvalue weighted by molar-refractivity contribution is 5.76. The van der Waals surface area contributed by atoms with Crippen molar-refractivity contribution in [1.29, 1.82) is 0 Å². The minimum Gasteiger partial charge on any atom is -0.369 e. The van der Waals surface area contributed by atoms with Crippen molar-refractivity contribution in [3.8, 4) is 0 Å². The Labute approximate surface area is 127 Å². The third-order valence-corrected chi connectivity index (χ3v) is 3.58. The van der Waals surface area contributed by atoms with Gasteiger partial charge in [0.25, 0.3) is 0 Å². The molecule has 0 aromatic carbocycles. The molecule has 0 aromatic heterocycles. The van der Waals surface area contributed by atoms with Crippen molar-refractivity contribution in [3.63, 3.8) is 0 Å². The lowest BCUT2D eigenvalue weighted by Gasteiger charge is -2.31. The molecule has 1 amide bonds. The quantitative estimate of drug-likeness (QED) is 0.850. The molecule has 1 fully saturated rings. The maximum Gasteiger partial charge on any atom is 0.220 e. The molecule has 122 valence electrons. The van der Waals surface area contributed by atoms with E-state index in [0.29, 0.717) is 5.54 Å². The van der Waals surface area contributed by atoms with Crippen molar-refractivity contribution < 1.29 is 4.79 Å². The standard InChI is InChI=1S/C9H19N.C6H13NO.C2H6/c1-8-5-6-10(7-8)9(2,3)4;1-3-4-5(2)6(7)8;1-2/h8H,5-7H2,1-4H3;5H,3-4H2,1-2H3,(H2,7,8);1-2H3. The monoisotopic (exact) mass is 286 g/mol. The van der Waals surface area contributed by atoms with Crippen molar-refractivity contribution in [2.45, 2.75) is 80.2 Å². The smallest absolute Gasteiger partial charge is 0.220 e. The Kier molecular flexibility index (Phi) is 12.1. The van der Waals surface area contributed by atoms with Crippen LogP contribution in [0.4, 0.5) is 0 Å². The van der Waals surface area contributed by atoms with Gasteiger partial charge in [0.15, 0.2) is 0 Å². The van der Waals surface area contributed by atoms with Crippen LogP contribution >= 0.6 is 0 Å². The van der Waals surface area contributed by atoms with E-state index in [4.69, 9.17) is 5.73 Å². The fraction of sp³-hybridized carbons (Fsp3) is 0.941. The van der Waals surface area contributed by atoms with E-state index < -0.39 is 0 Å². The number of hydrogen-bond donors (Lipinski definition) is 1. The average molecular weight is 287 g/mol. The molecule has 1 aliphatic heterocycles. The van der Waals surface area contributed by atoms with Gasteiger partial charge in [-0.3, -0.25) is 9.69 Å². The minimum absolute atomic E-state index is 0.0556. The van der Waals surface area contributed by atoms with E-state index in [2.05, 4.69) is 32.6 Å². The molecule has 2 N–H and O–H groups in total. The molecule has 3 heteroatoms. The molecular weight excluding hydrogens is 248 g/mol. The van der Waals surface area contributed by atoms with Gasteiger partial charge in [-0.1, -0.05) is 41.0 Å².